The van der Waals surface area contributed by atoms with Crippen molar-refractivity contribution in [2.45, 2.75) is 13.1 Å². The number of carbonyl (C=O) groups excluding carboxylic acids is 1. The second kappa shape index (κ2) is 11.0. The number of nitrogens with two attached hydrogens (primary N) is 1. The monoisotopic (exact) mass is 488 g/mol. The summed E-state index contributed by atoms with van der Waals surface area (Å²) in [5.74, 6) is -0.646. The lowest BCUT2D eigenvalue weighted by atomic mass is 10.2. The molecule has 1 heterocycles. The molecule has 0 fully saturated rings. The van der Waals surface area contributed by atoms with Gasteiger partial charge in [0.25, 0.3) is 11.5 Å². The van der Waals surface area contributed by atoms with Crippen LogP contribution in [0.4, 0.5) is 11.5 Å². The zero-order valence-corrected chi connectivity index (χ0v) is 19.3. The van der Waals surface area contributed by atoms with Crippen LogP contribution in [0.2, 0.25) is 10.0 Å². The van der Waals surface area contributed by atoms with Crippen molar-refractivity contribution in [1.29, 1.82) is 0 Å². The number of halogens is 2. The standard InChI is InChI=1S/C23H22Cl2N4O4/c1-33-12-11-28-21(26)20(22(31)27-23(28)32)29(14-16-5-3-2-4-6-16)19(30)10-8-15-7-9-17(24)18(25)13-15/h2-10,13H,11-12,14,26H2,1H3,(H,27,31,32)/b10-8+. The number of anilines is 2. The second-order valence-corrected chi connectivity index (χ2v) is 7.87. The summed E-state index contributed by atoms with van der Waals surface area (Å²) >= 11 is 12.0. The summed E-state index contributed by atoms with van der Waals surface area (Å²) in [4.78, 5) is 41.7. The summed E-state index contributed by atoms with van der Waals surface area (Å²) in [5.41, 5.74) is 6.03. The minimum absolute atomic E-state index is 0.0567. The smallest absolute Gasteiger partial charge is 0.330 e. The highest BCUT2D eigenvalue weighted by atomic mass is 35.5. The number of aromatic nitrogens is 2. The number of hydrogen-bond acceptors (Lipinski definition) is 5. The molecule has 0 saturated heterocycles. The van der Waals surface area contributed by atoms with Crippen molar-refractivity contribution in [2.24, 2.45) is 0 Å². The number of nitrogen functional groups attached to an aromatic ring is 1. The normalized spacial score (nSPS) is 11.1. The molecule has 0 radical (unpaired) electrons. The minimum atomic E-state index is -0.765. The Labute approximate surface area is 199 Å². The van der Waals surface area contributed by atoms with E-state index in [0.717, 1.165) is 10.1 Å². The highest BCUT2D eigenvalue weighted by Crippen LogP contribution is 2.24. The number of nitrogens with one attached hydrogen (secondary N) is 1. The van der Waals surface area contributed by atoms with Crippen molar-refractivity contribution < 1.29 is 9.53 Å². The molecule has 10 heteroatoms. The number of amides is 1. The third-order valence-electron chi connectivity index (χ3n) is 4.81. The predicted octanol–water partition coefficient (Wildman–Crippen LogP) is 3.32. The Hall–Kier alpha value is -3.33. The lowest BCUT2D eigenvalue weighted by Crippen LogP contribution is -2.40. The topological polar surface area (TPSA) is 110 Å². The lowest BCUT2D eigenvalue weighted by Gasteiger charge is -2.23. The van der Waals surface area contributed by atoms with Gasteiger partial charge >= 0.3 is 5.69 Å². The number of H-pyrrole nitrogens is 1. The van der Waals surface area contributed by atoms with Crippen LogP contribution in [-0.2, 0) is 22.6 Å². The molecule has 0 spiro atoms. The van der Waals surface area contributed by atoms with Crippen LogP contribution in [0.15, 0.2) is 64.2 Å². The largest absolute Gasteiger partial charge is 0.383 e. The molecule has 8 nitrogen and oxygen atoms in total. The highest BCUT2D eigenvalue weighted by Gasteiger charge is 2.23. The first-order chi connectivity index (χ1) is 15.8. The first-order valence-corrected chi connectivity index (χ1v) is 10.7. The van der Waals surface area contributed by atoms with Gasteiger partial charge in [0.1, 0.15) is 5.82 Å². The fourth-order valence-electron chi connectivity index (χ4n) is 3.15. The van der Waals surface area contributed by atoms with E-state index in [0.29, 0.717) is 15.6 Å². The molecule has 0 aliphatic rings. The van der Waals surface area contributed by atoms with Gasteiger partial charge < -0.3 is 10.5 Å². The van der Waals surface area contributed by atoms with Gasteiger partial charge in [-0.2, -0.15) is 0 Å². The Morgan fingerprint density at radius 2 is 1.88 bits per heavy atom. The molecule has 0 unspecified atom stereocenters. The minimum Gasteiger partial charge on any atom is -0.383 e. The van der Waals surface area contributed by atoms with E-state index in [4.69, 9.17) is 33.7 Å². The Morgan fingerprint density at radius 1 is 1.15 bits per heavy atom. The average molecular weight is 489 g/mol. The Kier molecular flexibility index (Phi) is 8.11. The van der Waals surface area contributed by atoms with E-state index in [2.05, 4.69) is 4.98 Å². The first kappa shape index (κ1) is 24.3. The van der Waals surface area contributed by atoms with Gasteiger partial charge in [0.05, 0.1) is 29.7 Å². The maximum absolute atomic E-state index is 13.2. The second-order valence-electron chi connectivity index (χ2n) is 7.05. The van der Waals surface area contributed by atoms with Crippen molar-refractivity contribution in [3.8, 4) is 0 Å². The van der Waals surface area contributed by atoms with Crippen LogP contribution in [0.3, 0.4) is 0 Å². The van der Waals surface area contributed by atoms with Gasteiger partial charge in [-0.25, -0.2) is 4.79 Å². The molecule has 0 aliphatic carbocycles. The molecule has 3 N–H and O–H groups in total. The predicted molar refractivity (Wildman–Crippen MR) is 131 cm³/mol. The number of methoxy groups -OCH3 is 1. The van der Waals surface area contributed by atoms with Gasteiger partial charge in [0, 0.05) is 13.2 Å². The maximum Gasteiger partial charge on any atom is 0.330 e. The van der Waals surface area contributed by atoms with E-state index >= 15 is 0 Å². The van der Waals surface area contributed by atoms with E-state index in [1.807, 2.05) is 30.3 Å². The molecule has 0 aliphatic heterocycles. The molecule has 3 rings (SSSR count). The molecule has 1 aromatic heterocycles. The number of rotatable bonds is 8. The van der Waals surface area contributed by atoms with Crippen molar-refractivity contribution in [3.63, 3.8) is 0 Å². The molecule has 172 valence electrons. The summed E-state index contributed by atoms with van der Waals surface area (Å²) in [5, 5.41) is 0.738. The lowest BCUT2D eigenvalue weighted by molar-refractivity contribution is -0.114. The van der Waals surface area contributed by atoms with Crippen molar-refractivity contribution in [1.82, 2.24) is 9.55 Å². The summed E-state index contributed by atoms with van der Waals surface area (Å²) in [7, 11) is 1.48. The third-order valence-corrected chi connectivity index (χ3v) is 5.55. The molecule has 0 saturated carbocycles. The number of ether oxygens (including phenoxy) is 1. The Balaban J connectivity index is 2.05. The first-order valence-electron chi connectivity index (χ1n) is 9.92. The van der Waals surface area contributed by atoms with Crippen molar-refractivity contribution >= 4 is 46.7 Å². The zero-order chi connectivity index (χ0) is 24.0. The van der Waals surface area contributed by atoms with Crippen LogP contribution in [0.5, 0.6) is 0 Å². The summed E-state index contributed by atoms with van der Waals surface area (Å²) < 4.78 is 6.18. The molecule has 0 bridgehead atoms. The summed E-state index contributed by atoms with van der Waals surface area (Å²) in [6.07, 6.45) is 2.85. The van der Waals surface area contributed by atoms with E-state index in [9.17, 15) is 14.4 Å². The number of aromatic amines is 1. The highest BCUT2D eigenvalue weighted by molar-refractivity contribution is 6.42. The molecule has 1 amide bonds. The van der Waals surface area contributed by atoms with Gasteiger partial charge in [-0.1, -0.05) is 59.6 Å². The quantitative estimate of drug-likeness (QED) is 0.472. The third kappa shape index (κ3) is 5.92. The van der Waals surface area contributed by atoms with Gasteiger partial charge in [0.15, 0.2) is 5.69 Å². The van der Waals surface area contributed by atoms with Gasteiger partial charge in [-0.15, -0.1) is 0 Å². The van der Waals surface area contributed by atoms with Crippen LogP contribution in [0.1, 0.15) is 11.1 Å². The van der Waals surface area contributed by atoms with Crippen LogP contribution in [0, 0.1) is 0 Å². The van der Waals surface area contributed by atoms with E-state index < -0.39 is 17.2 Å². The molecule has 33 heavy (non-hydrogen) atoms. The Bertz CT molecular complexity index is 1290. The average Bonchev–Trinajstić information content (AvgIpc) is 2.79. The number of nitrogens with zero attached hydrogens (tertiary/aromatic N) is 2. The van der Waals surface area contributed by atoms with Crippen LogP contribution in [-0.4, -0.2) is 29.2 Å². The number of carbonyl (C=O) groups is 1. The van der Waals surface area contributed by atoms with Crippen LogP contribution >= 0.6 is 23.2 Å². The van der Waals surface area contributed by atoms with Crippen molar-refractivity contribution in [2.75, 3.05) is 24.4 Å². The van der Waals surface area contributed by atoms with E-state index in [1.165, 1.54) is 18.1 Å². The maximum atomic E-state index is 13.2. The van der Waals surface area contributed by atoms with Crippen LogP contribution < -0.4 is 21.9 Å². The zero-order valence-electron chi connectivity index (χ0n) is 17.8. The van der Waals surface area contributed by atoms with Gasteiger partial charge in [-0.05, 0) is 29.3 Å². The fourth-order valence-corrected chi connectivity index (χ4v) is 3.46. The fraction of sp³-hybridized carbons (Fsp3) is 0.174. The van der Waals surface area contributed by atoms with E-state index in [1.54, 1.807) is 24.3 Å². The summed E-state index contributed by atoms with van der Waals surface area (Å²) in [6, 6.07) is 14.0. The molecule has 2 aromatic carbocycles. The summed E-state index contributed by atoms with van der Waals surface area (Å²) in [6.45, 7) is 0.359. The van der Waals surface area contributed by atoms with Crippen LogP contribution in [0.25, 0.3) is 6.08 Å². The Morgan fingerprint density at radius 3 is 2.55 bits per heavy atom. The van der Waals surface area contributed by atoms with Gasteiger partial charge in [0.2, 0.25) is 0 Å². The van der Waals surface area contributed by atoms with Gasteiger partial charge in [-0.3, -0.25) is 24.0 Å². The van der Waals surface area contributed by atoms with E-state index in [-0.39, 0.29) is 31.2 Å². The molecular weight excluding hydrogens is 467 g/mol. The SMILES string of the molecule is COCCn1c(N)c(N(Cc2ccccc2)C(=O)/C=C/c2ccc(Cl)c(Cl)c2)c(=O)[nH]c1=O. The number of hydrogen-bond donors (Lipinski definition) is 2. The molecule has 3 aromatic rings. The molecular formula is C23H22Cl2N4O4. The van der Waals surface area contributed by atoms with Crippen molar-refractivity contribution in [3.05, 3.63) is 96.6 Å². The molecule has 0 atom stereocenters. The number of benzene rings is 2.